The number of fused-ring (bicyclic) bond motifs is 1. The van der Waals surface area contributed by atoms with Crippen molar-refractivity contribution >= 4 is 5.69 Å². The van der Waals surface area contributed by atoms with E-state index < -0.39 is 17.7 Å². The fraction of sp³-hybridized carbons (Fsp3) is 0.118. The van der Waals surface area contributed by atoms with E-state index in [9.17, 15) is 18.4 Å². The molecule has 0 saturated carbocycles. The molecule has 0 amide bonds. The molecule has 2 aromatic carbocycles. The maximum absolute atomic E-state index is 13.4. The van der Waals surface area contributed by atoms with Crippen LogP contribution < -0.4 is 16.2 Å². The Kier molecular flexibility index (Phi) is 3.60. The number of hydrogen-bond donors (Lipinski definition) is 2. The summed E-state index contributed by atoms with van der Waals surface area (Å²) in [6.07, 6.45) is -4.56. The quantitative estimate of drug-likeness (QED) is 0.783. The van der Waals surface area contributed by atoms with Crippen LogP contribution in [0.3, 0.4) is 0 Å². The second-order valence-corrected chi connectivity index (χ2v) is 5.31. The average molecular weight is 331 g/mol. The van der Waals surface area contributed by atoms with Crippen LogP contribution in [0.1, 0.15) is 22.6 Å². The summed E-state index contributed by atoms with van der Waals surface area (Å²) in [6.45, 7) is 0. The van der Waals surface area contributed by atoms with Crippen molar-refractivity contribution in [3.05, 3.63) is 70.6 Å². The van der Waals surface area contributed by atoms with Gasteiger partial charge in [0.25, 0.3) is 0 Å². The highest BCUT2D eigenvalue weighted by atomic mass is 19.4. The van der Waals surface area contributed by atoms with E-state index in [-0.39, 0.29) is 22.8 Å². The van der Waals surface area contributed by atoms with Gasteiger partial charge in [0.05, 0.1) is 11.5 Å². The number of allylic oxidation sites excluding steroid dienone is 1. The van der Waals surface area contributed by atoms with Gasteiger partial charge < -0.3 is 16.2 Å². The Hall–Kier alpha value is -3.14. The van der Waals surface area contributed by atoms with Gasteiger partial charge in [0, 0.05) is 17.3 Å². The van der Waals surface area contributed by atoms with Gasteiger partial charge in [-0.2, -0.15) is 18.4 Å². The Morgan fingerprint density at radius 3 is 2.42 bits per heavy atom. The molecule has 3 rings (SSSR count). The molecule has 4 nitrogen and oxygen atoms in total. The Labute approximate surface area is 135 Å². The van der Waals surface area contributed by atoms with Gasteiger partial charge in [-0.15, -0.1) is 0 Å². The van der Waals surface area contributed by atoms with Crippen LogP contribution in [0.2, 0.25) is 0 Å². The van der Waals surface area contributed by atoms with Crippen LogP contribution in [-0.2, 0) is 6.18 Å². The lowest BCUT2D eigenvalue weighted by molar-refractivity contribution is -0.138. The van der Waals surface area contributed by atoms with Crippen molar-refractivity contribution in [2.24, 2.45) is 5.73 Å². The molecule has 0 saturated heterocycles. The van der Waals surface area contributed by atoms with E-state index in [1.165, 1.54) is 24.3 Å². The van der Waals surface area contributed by atoms with Gasteiger partial charge in [-0.25, -0.2) is 0 Å². The number of rotatable bonds is 1. The van der Waals surface area contributed by atoms with Crippen LogP contribution in [-0.4, -0.2) is 0 Å². The zero-order valence-electron chi connectivity index (χ0n) is 12.3. The number of benzene rings is 2. The standard InChI is InChI=1S/C17H12F3N3O/c18-17(19,20)13-4-2-1-3-10(13)15-11-6-5-9(22)7-14(11)24-16(23)12(15)8-21/h1-7,15H,22-23H2. The zero-order chi connectivity index (χ0) is 17.5. The summed E-state index contributed by atoms with van der Waals surface area (Å²) in [5, 5.41) is 9.39. The van der Waals surface area contributed by atoms with Gasteiger partial charge in [-0.05, 0) is 17.7 Å². The summed E-state index contributed by atoms with van der Waals surface area (Å²) < 4.78 is 45.5. The lowest BCUT2D eigenvalue weighted by atomic mass is 9.81. The summed E-state index contributed by atoms with van der Waals surface area (Å²) in [5.41, 5.74) is 11.3. The van der Waals surface area contributed by atoms with Crippen LogP contribution in [0, 0.1) is 11.3 Å². The van der Waals surface area contributed by atoms with E-state index in [1.54, 1.807) is 12.1 Å². The van der Waals surface area contributed by atoms with E-state index in [2.05, 4.69) is 0 Å². The van der Waals surface area contributed by atoms with Crippen molar-refractivity contribution in [2.45, 2.75) is 12.1 Å². The first kappa shape index (κ1) is 15.7. The highest BCUT2D eigenvalue weighted by Crippen LogP contribution is 2.46. The Balaban J connectivity index is 2.30. The van der Waals surface area contributed by atoms with Crippen molar-refractivity contribution in [3.8, 4) is 11.8 Å². The second-order valence-electron chi connectivity index (χ2n) is 5.31. The van der Waals surface area contributed by atoms with Gasteiger partial charge in [0.1, 0.15) is 17.4 Å². The molecule has 122 valence electrons. The maximum Gasteiger partial charge on any atom is 0.416 e. The monoisotopic (exact) mass is 331 g/mol. The minimum absolute atomic E-state index is 0.0566. The molecule has 1 atom stereocenters. The van der Waals surface area contributed by atoms with Crippen molar-refractivity contribution in [1.29, 1.82) is 5.26 Å². The van der Waals surface area contributed by atoms with Crippen molar-refractivity contribution < 1.29 is 17.9 Å². The summed E-state index contributed by atoms with van der Waals surface area (Å²) in [7, 11) is 0. The number of halogens is 3. The number of ether oxygens (including phenoxy) is 1. The number of nitrogens with two attached hydrogens (primary N) is 2. The predicted molar refractivity (Wildman–Crippen MR) is 81.6 cm³/mol. The van der Waals surface area contributed by atoms with Crippen LogP contribution in [0.5, 0.6) is 5.75 Å². The fourth-order valence-corrected chi connectivity index (χ4v) is 2.80. The highest BCUT2D eigenvalue weighted by Gasteiger charge is 2.39. The Morgan fingerprint density at radius 2 is 1.75 bits per heavy atom. The van der Waals surface area contributed by atoms with Crippen LogP contribution in [0.4, 0.5) is 18.9 Å². The summed E-state index contributed by atoms with van der Waals surface area (Å²) >= 11 is 0. The van der Waals surface area contributed by atoms with Crippen molar-refractivity contribution in [3.63, 3.8) is 0 Å². The number of nitrogens with zero attached hydrogens (tertiary/aromatic N) is 1. The van der Waals surface area contributed by atoms with Gasteiger partial charge >= 0.3 is 6.18 Å². The first-order valence-corrected chi connectivity index (χ1v) is 6.96. The van der Waals surface area contributed by atoms with Gasteiger partial charge in [-0.1, -0.05) is 24.3 Å². The molecule has 0 aromatic heterocycles. The molecule has 1 aliphatic heterocycles. The molecule has 1 unspecified atom stereocenters. The van der Waals surface area contributed by atoms with E-state index in [4.69, 9.17) is 16.2 Å². The number of nitriles is 1. The van der Waals surface area contributed by atoms with Crippen LogP contribution >= 0.6 is 0 Å². The summed E-state index contributed by atoms with van der Waals surface area (Å²) in [5.74, 6) is -0.955. The lowest BCUT2D eigenvalue weighted by Gasteiger charge is -2.28. The third-order valence-corrected chi connectivity index (χ3v) is 3.82. The number of hydrogen-bond acceptors (Lipinski definition) is 4. The van der Waals surface area contributed by atoms with Crippen molar-refractivity contribution in [1.82, 2.24) is 0 Å². The first-order chi connectivity index (χ1) is 11.3. The second kappa shape index (κ2) is 5.49. The lowest BCUT2D eigenvalue weighted by Crippen LogP contribution is -2.23. The fourth-order valence-electron chi connectivity index (χ4n) is 2.80. The first-order valence-electron chi connectivity index (χ1n) is 6.96. The Bertz CT molecular complexity index is 881. The molecule has 0 fully saturated rings. The molecular weight excluding hydrogens is 319 g/mol. The molecule has 0 radical (unpaired) electrons. The third-order valence-electron chi connectivity index (χ3n) is 3.82. The average Bonchev–Trinajstić information content (AvgIpc) is 2.52. The van der Waals surface area contributed by atoms with Crippen LogP contribution in [0.25, 0.3) is 0 Å². The molecule has 1 heterocycles. The third kappa shape index (κ3) is 2.52. The van der Waals surface area contributed by atoms with E-state index in [0.29, 0.717) is 11.3 Å². The minimum Gasteiger partial charge on any atom is -0.440 e. The molecule has 4 N–H and O–H groups in total. The minimum atomic E-state index is -4.56. The van der Waals surface area contributed by atoms with Crippen LogP contribution in [0.15, 0.2) is 53.9 Å². The van der Waals surface area contributed by atoms with Gasteiger partial charge in [-0.3, -0.25) is 0 Å². The van der Waals surface area contributed by atoms with E-state index in [0.717, 1.165) is 6.07 Å². The molecule has 2 aromatic rings. The molecule has 1 aliphatic rings. The molecular formula is C17H12F3N3O. The summed E-state index contributed by atoms with van der Waals surface area (Å²) in [6, 6.07) is 11.5. The van der Waals surface area contributed by atoms with Gasteiger partial charge in [0.15, 0.2) is 0 Å². The molecule has 0 spiro atoms. The number of anilines is 1. The van der Waals surface area contributed by atoms with Crippen molar-refractivity contribution in [2.75, 3.05) is 5.73 Å². The largest absolute Gasteiger partial charge is 0.440 e. The van der Waals surface area contributed by atoms with Gasteiger partial charge in [0.2, 0.25) is 5.88 Å². The maximum atomic E-state index is 13.4. The predicted octanol–water partition coefficient (Wildman–Crippen LogP) is 3.51. The molecule has 24 heavy (non-hydrogen) atoms. The number of alkyl halides is 3. The SMILES string of the molecule is N#CC1=C(N)Oc2cc(N)ccc2C1c1ccccc1C(F)(F)F. The smallest absolute Gasteiger partial charge is 0.416 e. The highest BCUT2D eigenvalue weighted by molar-refractivity contribution is 5.60. The topological polar surface area (TPSA) is 85.1 Å². The molecule has 0 bridgehead atoms. The summed E-state index contributed by atoms with van der Waals surface area (Å²) in [4.78, 5) is 0. The Morgan fingerprint density at radius 1 is 1.04 bits per heavy atom. The van der Waals surface area contributed by atoms with E-state index >= 15 is 0 Å². The van der Waals surface area contributed by atoms with E-state index in [1.807, 2.05) is 6.07 Å². The normalized spacial score (nSPS) is 17.0. The molecule has 7 heteroatoms. The number of nitrogen functional groups attached to an aromatic ring is 1. The molecule has 0 aliphatic carbocycles. The zero-order valence-corrected chi connectivity index (χ0v) is 12.3.